The summed E-state index contributed by atoms with van der Waals surface area (Å²) in [5.74, 6) is -0.806. The van der Waals surface area contributed by atoms with Crippen LogP contribution in [0, 0.1) is 5.82 Å². The first-order valence-electron chi connectivity index (χ1n) is 13.9. The molecule has 0 aromatic heterocycles. The maximum Gasteiger partial charge on any atom is 0.250 e. The van der Waals surface area contributed by atoms with Gasteiger partial charge in [-0.2, -0.15) is 0 Å². The highest BCUT2D eigenvalue weighted by molar-refractivity contribution is 5.96. The van der Waals surface area contributed by atoms with Gasteiger partial charge in [0.2, 0.25) is 11.8 Å². The summed E-state index contributed by atoms with van der Waals surface area (Å²) in [5, 5.41) is 2.84. The lowest BCUT2D eigenvalue weighted by atomic mass is 9.84. The summed E-state index contributed by atoms with van der Waals surface area (Å²) in [4.78, 5) is 45.9. The smallest absolute Gasteiger partial charge is 0.250 e. The second kappa shape index (κ2) is 11.9. The van der Waals surface area contributed by atoms with E-state index in [0.29, 0.717) is 39.0 Å². The van der Waals surface area contributed by atoms with E-state index in [1.807, 2.05) is 72.5 Å². The number of rotatable bonds is 8. The van der Waals surface area contributed by atoms with E-state index < -0.39 is 5.54 Å². The first-order chi connectivity index (χ1) is 19.4. The van der Waals surface area contributed by atoms with Crippen LogP contribution in [0.25, 0.3) is 0 Å². The van der Waals surface area contributed by atoms with E-state index in [2.05, 4.69) is 10.2 Å². The number of piperidine rings is 1. The summed E-state index contributed by atoms with van der Waals surface area (Å²) in [6.45, 7) is 3.45. The molecule has 1 N–H and O–H groups in total. The maximum absolute atomic E-state index is 14.0. The summed E-state index contributed by atoms with van der Waals surface area (Å²) in [7, 11) is 0. The minimum atomic E-state index is -0.816. The second-order valence-electron chi connectivity index (χ2n) is 10.5. The Balaban J connectivity index is 1.29. The molecule has 1 atom stereocenters. The number of anilines is 1. The molecule has 7 nitrogen and oxygen atoms in total. The van der Waals surface area contributed by atoms with E-state index in [0.717, 1.165) is 16.8 Å². The van der Waals surface area contributed by atoms with Gasteiger partial charge in [0.25, 0.3) is 5.91 Å². The van der Waals surface area contributed by atoms with Crippen molar-refractivity contribution in [1.29, 1.82) is 0 Å². The van der Waals surface area contributed by atoms with Crippen molar-refractivity contribution < 1.29 is 18.8 Å². The fraction of sp³-hybridized carbons (Fsp3) is 0.344. The molecule has 8 heteroatoms. The minimum absolute atomic E-state index is 0.0698. The van der Waals surface area contributed by atoms with Gasteiger partial charge in [-0.3, -0.25) is 14.4 Å². The Bertz CT molecular complexity index is 1330. The van der Waals surface area contributed by atoms with Crippen molar-refractivity contribution in [2.45, 2.75) is 44.2 Å². The Kier molecular flexibility index (Phi) is 8.14. The fourth-order valence-corrected chi connectivity index (χ4v) is 5.91. The van der Waals surface area contributed by atoms with Crippen LogP contribution in [0.1, 0.15) is 43.2 Å². The SMILES string of the molecule is CC[C@H](C(=O)N1CCC2(CC1)C(=O)N(CC(=O)NCc1ccc(F)cc1)CN2c1ccccc1)c1ccccc1. The van der Waals surface area contributed by atoms with Crippen LogP contribution >= 0.6 is 0 Å². The van der Waals surface area contributed by atoms with Gasteiger partial charge in [-0.05, 0) is 54.7 Å². The van der Waals surface area contributed by atoms with E-state index in [-0.39, 0.29) is 42.5 Å². The average molecular weight is 543 g/mol. The first kappa shape index (κ1) is 27.4. The Hall–Kier alpha value is -4.20. The summed E-state index contributed by atoms with van der Waals surface area (Å²) in [6.07, 6.45) is 1.69. The molecule has 2 saturated heterocycles. The molecule has 3 amide bonds. The summed E-state index contributed by atoms with van der Waals surface area (Å²) >= 11 is 0. The summed E-state index contributed by atoms with van der Waals surface area (Å²) in [6, 6.07) is 25.6. The average Bonchev–Trinajstić information content (AvgIpc) is 3.24. The standard InChI is InChI=1S/C32H35FN4O3/c1-2-28(25-9-5-3-6-10-25)30(39)35-19-17-32(18-20-35)31(40)36(23-37(32)27-11-7-4-8-12-27)22-29(38)34-21-24-13-15-26(33)16-14-24/h3-16,28H,2,17-23H2,1H3,(H,34,38)/t28-/m0/s1. The Morgan fingerprint density at radius 3 is 2.17 bits per heavy atom. The van der Waals surface area contributed by atoms with Crippen molar-refractivity contribution >= 4 is 23.4 Å². The van der Waals surface area contributed by atoms with Gasteiger partial charge in [0.05, 0.1) is 12.6 Å². The van der Waals surface area contributed by atoms with Crippen molar-refractivity contribution in [3.05, 3.63) is 102 Å². The molecular formula is C32H35FN4O3. The quantitative estimate of drug-likeness (QED) is 0.461. The van der Waals surface area contributed by atoms with E-state index in [4.69, 9.17) is 0 Å². The monoisotopic (exact) mass is 542 g/mol. The van der Waals surface area contributed by atoms with Gasteiger partial charge in [0.15, 0.2) is 0 Å². The summed E-state index contributed by atoms with van der Waals surface area (Å²) < 4.78 is 13.2. The molecule has 3 aromatic carbocycles. The molecule has 208 valence electrons. The largest absolute Gasteiger partial charge is 0.350 e. The molecule has 3 aromatic rings. The van der Waals surface area contributed by atoms with Gasteiger partial charge in [0.1, 0.15) is 17.9 Å². The number of amides is 3. The molecule has 40 heavy (non-hydrogen) atoms. The number of halogens is 1. The normalized spacial score (nSPS) is 17.2. The van der Waals surface area contributed by atoms with E-state index >= 15 is 0 Å². The first-order valence-corrected chi connectivity index (χ1v) is 13.9. The number of carbonyl (C=O) groups is 3. The molecular weight excluding hydrogens is 507 g/mol. The molecule has 0 aliphatic carbocycles. The van der Waals surface area contributed by atoms with E-state index in [1.165, 1.54) is 12.1 Å². The van der Waals surface area contributed by atoms with Gasteiger partial charge < -0.3 is 20.0 Å². The number of nitrogens with zero attached hydrogens (tertiary/aromatic N) is 3. The lowest BCUT2D eigenvalue weighted by molar-refractivity contribution is -0.140. The Morgan fingerprint density at radius 2 is 1.55 bits per heavy atom. The molecule has 0 radical (unpaired) electrons. The van der Waals surface area contributed by atoms with Crippen LogP contribution in [-0.2, 0) is 20.9 Å². The number of nitrogens with one attached hydrogen (secondary N) is 1. The maximum atomic E-state index is 14.0. The highest BCUT2D eigenvalue weighted by atomic mass is 19.1. The zero-order valence-electron chi connectivity index (χ0n) is 22.8. The van der Waals surface area contributed by atoms with Crippen molar-refractivity contribution in [3.63, 3.8) is 0 Å². The fourth-order valence-electron chi connectivity index (χ4n) is 5.91. The van der Waals surface area contributed by atoms with Crippen LogP contribution in [-0.4, -0.2) is 59.4 Å². The van der Waals surface area contributed by atoms with Crippen LogP contribution in [0.3, 0.4) is 0 Å². The predicted molar refractivity (Wildman–Crippen MR) is 152 cm³/mol. The molecule has 2 aliphatic rings. The van der Waals surface area contributed by atoms with Crippen molar-refractivity contribution in [1.82, 2.24) is 15.1 Å². The van der Waals surface area contributed by atoms with Crippen LogP contribution in [0.15, 0.2) is 84.9 Å². The van der Waals surface area contributed by atoms with Crippen molar-refractivity contribution in [2.24, 2.45) is 0 Å². The number of carbonyl (C=O) groups excluding carboxylic acids is 3. The third-order valence-corrected chi connectivity index (χ3v) is 8.13. The Morgan fingerprint density at radius 1 is 0.925 bits per heavy atom. The van der Waals surface area contributed by atoms with E-state index in [9.17, 15) is 18.8 Å². The van der Waals surface area contributed by atoms with Gasteiger partial charge in [-0.1, -0.05) is 67.6 Å². The third-order valence-electron chi connectivity index (χ3n) is 8.13. The molecule has 0 unspecified atom stereocenters. The van der Waals surface area contributed by atoms with Gasteiger partial charge >= 0.3 is 0 Å². The van der Waals surface area contributed by atoms with Crippen LogP contribution in [0.2, 0.25) is 0 Å². The number of para-hydroxylation sites is 1. The minimum Gasteiger partial charge on any atom is -0.350 e. The molecule has 0 bridgehead atoms. The van der Waals surface area contributed by atoms with E-state index in [1.54, 1.807) is 17.0 Å². The number of hydrogen-bond donors (Lipinski definition) is 1. The van der Waals surface area contributed by atoms with Crippen molar-refractivity contribution in [3.8, 4) is 0 Å². The molecule has 5 rings (SSSR count). The molecule has 2 heterocycles. The van der Waals surface area contributed by atoms with Crippen LogP contribution in [0.5, 0.6) is 0 Å². The number of benzene rings is 3. The second-order valence-corrected chi connectivity index (χ2v) is 10.5. The number of likely N-dealkylation sites (tertiary alicyclic amines) is 1. The predicted octanol–water partition coefficient (Wildman–Crippen LogP) is 4.30. The van der Waals surface area contributed by atoms with Crippen molar-refractivity contribution in [2.75, 3.05) is 31.2 Å². The topological polar surface area (TPSA) is 73.0 Å². The zero-order chi connectivity index (χ0) is 28.1. The number of hydrogen-bond acceptors (Lipinski definition) is 4. The van der Waals surface area contributed by atoms with Crippen LogP contribution < -0.4 is 10.2 Å². The zero-order valence-corrected chi connectivity index (χ0v) is 22.8. The van der Waals surface area contributed by atoms with Gasteiger partial charge in [-0.25, -0.2) is 4.39 Å². The third kappa shape index (κ3) is 5.57. The lowest BCUT2D eigenvalue weighted by Crippen LogP contribution is -2.58. The molecule has 2 fully saturated rings. The summed E-state index contributed by atoms with van der Waals surface area (Å²) in [5.41, 5.74) is 1.89. The molecule has 1 spiro atoms. The highest BCUT2D eigenvalue weighted by Crippen LogP contribution is 2.40. The highest BCUT2D eigenvalue weighted by Gasteiger charge is 2.54. The van der Waals surface area contributed by atoms with Crippen LogP contribution in [0.4, 0.5) is 10.1 Å². The molecule has 0 saturated carbocycles. The molecule has 2 aliphatic heterocycles. The van der Waals surface area contributed by atoms with Gasteiger partial charge in [0, 0.05) is 25.3 Å². The van der Waals surface area contributed by atoms with Gasteiger partial charge in [-0.15, -0.1) is 0 Å². The lowest BCUT2D eigenvalue weighted by Gasteiger charge is -2.44. The Labute approximate surface area is 234 Å².